The van der Waals surface area contributed by atoms with Crippen LogP contribution >= 0.6 is 22.6 Å². The molecule has 0 atom stereocenters. The summed E-state index contributed by atoms with van der Waals surface area (Å²) in [7, 11) is -1.64. The summed E-state index contributed by atoms with van der Waals surface area (Å²) in [6, 6.07) is 8.88. The monoisotopic (exact) mass is 399 g/mol. The van der Waals surface area contributed by atoms with Gasteiger partial charge in [0.15, 0.2) is 8.24 Å². The zero-order chi connectivity index (χ0) is 15.1. The summed E-state index contributed by atoms with van der Waals surface area (Å²) in [4.78, 5) is 0. The Kier molecular flexibility index (Phi) is 4.69. The Morgan fingerprint density at radius 3 is 1.90 bits per heavy atom. The van der Waals surface area contributed by atoms with Crippen LogP contribution in [0.4, 0.5) is 0 Å². The van der Waals surface area contributed by atoms with Crippen molar-refractivity contribution < 1.29 is 0 Å². The van der Waals surface area contributed by atoms with E-state index in [0.717, 1.165) is 16.6 Å². The molecule has 1 aromatic heterocycles. The van der Waals surface area contributed by atoms with Gasteiger partial charge >= 0.3 is 0 Å². The van der Waals surface area contributed by atoms with Gasteiger partial charge < -0.3 is 4.23 Å². The number of fused-ring (bicyclic) bond motifs is 1. The van der Waals surface area contributed by atoms with E-state index < -0.39 is 8.24 Å². The molecule has 0 aliphatic heterocycles. The SMILES string of the molecule is CC(C)[Si](C(C)C)(C(C)C)n1cc(I)c2ccccc21. The highest BCUT2D eigenvalue weighted by atomic mass is 127. The van der Waals surface area contributed by atoms with E-state index in [1.165, 1.54) is 14.5 Å². The van der Waals surface area contributed by atoms with Crippen LogP contribution in [-0.2, 0) is 0 Å². The number of hydrogen-bond acceptors (Lipinski definition) is 0. The van der Waals surface area contributed by atoms with E-state index in [-0.39, 0.29) is 0 Å². The van der Waals surface area contributed by atoms with Gasteiger partial charge in [-0.3, -0.25) is 0 Å². The first-order chi connectivity index (χ1) is 9.33. The van der Waals surface area contributed by atoms with Crippen LogP contribution in [-0.4, -0.2) is 12.5 Å². The molecule has 0 amide bonds. The van der Waals surface area contributed by atoms with E-state index in [4.69, 9.17) is 0 Å². The highest BCUT2D eigenvalue weighted by Crippen LogP contribution is 2.44. The number of aromatic nitrogens is 1. The van der Waals surface area contributed by atoms with Crippen LogP contribution in [0, 0.1) is 3.57 Å². The lowest BCUT2D eigenvalue weighted by atomic mass is 10.3. The third kappa shape index (κ3) is 2.27. The zero-order valence-corrected chi connectivity index (χ0v) is 16.6. The van der Waals surface area contributed by atoms with Crippen molar-refractivity contribution in [2.75, 3.05) is 0 Å². The van der Waals surface area contributed by atoms with Gasteiger partial charge in [-0.15, -0.1) is 0 Å². The Morgan fingerprint density at radius 1 is 0.900 bits per heavy atom. The second-order valence-corrected chi connectivity index (χ2v) is 13.6. The highest BCUT2D eigenvalue weighted by molar-refractivity contribution is 14.1. The van der Waals surface area contributed by atoms with Crippen molar-refractivity contribution in [2.45, 2.75) is 58.2 Å². The van der Waals surface area contributed by atoms with Gasteiger partial charge in [0.05, 0.1) is 0 Å². The molecule has 0 bridgehead atoms. The van der Waals surface area contributed by atoms with Gasteiger partial charge in [-0.05, 0) is 45.3 Å². The molecule has 2 aromatic rings. The molecule has 110 valence electrons. The minimum absolute atomic E-state index is 0.731. The molecule has 0 N–H and O–H groups in total. The Balaban J connectivity index is 2.82. The fraction of sp³-hybridized carbons (Fsp3) is 0.529. The summed E-state index contributed by atoms with van der Waals surface area (Å²) in [6.45, 7) is 14.5. The molecule has 0 spiro atoms. The number of hydrogen-bond donors (Lipinski definition) is 0. The number of para-hydroxylation sites is 1. The first kappa shape index (κ1) is 16.1. The second-order valence-electron chi connectivity index (χ2n) is 6.72. The van der Waals surface area contributed by atoms with Gasteiger partial charge in [-0.1, -0.05) is 59.7 Å². The summed E-state index contributed by atoms with van der Waals surface area (Å²) < 4.78 is 4.08. The summed E-state index contributed by atoms with van der Waals surface area (Å²) in [6.07, 6.45) is 2.41. The molecule has 0 unspecified atom stereocenters. The topological polar surface area (TPSA) is 4.93 Å². The third-order valence-electron chi connectivity index (χ3n) is 4.86. The van der Waals surface area contributed by atoms with Crippen molar-refractivity contribution in [3.8, 4) is 0 Å². The molecule has 1 nitrogen and oxygen atoms in total. The predicted octanol–water partition coefficient (Wildman–Crippen LogP) is 6.27. The van der Waals surface area contributed by atoms with Gasteiger partial charge in [0, 0.05) is 20.7 Å². The molecule has 0 fully saturated rings. The first-order valence-corrected chi connectivity index (χ1v) is 10.8. The summed E-state index contributed by atoms with van der Waals surface area (Å²) in [5, 5.41) is 1.41. The summed E-state index contributed by atoms with van der Waals surface area (Å²) in [5.41, 5.74) is 3.62. The first-order valence-electron chi connectivity index (χ1n) is 7.59. The second kappa shape index (κ2) is 5.83. The number of rotatable bonds is 4. The van der Waals surface area contributed by atoms with E-state index in [1.807, 2.05) is 0 Å². The fourth-order valence-electron chi connectivity index (χ4n) is 4.29. The Morgan fingerprint density at radius 2 is 1.40 bits per heavy atom. The predicted molar refractivity (Wildman–Crippen MR) is 101 cm³/mol. The average Bonchev–Trinajstić information content (AvgIpc) is 2.67. The third-order valence-corrected chi connectivity index (χ3v) is 12.5. The van der Waals surface area contributed by atoms with Crippen molar-refractivity contribution in [1.29, 1.82) is 0 Å². The van der Waals surface area contributed by atoms with Crippen molar-refractivity contribution in [1.82, 2.24) is 4.23 Å². The van der Waals surface area contributed by atoms with Gasteiger partial charge in [0.2, 0.25) is 0 Å². The smallest absolute Gasteiger partial charge is 0.169 e. The minimum atomic E-state index is -1.64. The van der Waals surface area contributed by atoms with Gasteiger partial charge in [0.1, 0.15) is 0 Å². The van der Waals surface area contributed by atoms with Gasteiger partial charge in [-0.25, -0.2) is 0 Å². The lowest BCUT2D eigenvalue weighted by Crippen LogP contribution is -2.51. The Labute approximate surface area is 138 Å². The van der Waals surface area contributed by atoms with Crippen LogP contribution in [0.5, 0.6) is 0 Å². The maximum atomic E-state index is 2.70. The van der Waals surface area contributed by atoms with Crippen LogP contribution < -0.4 is 0 Å². The Bertz CT molecular complexity index is 576. The fourth-order valence-corrected chi connectivity index (χ4v) is 11.9. The zero-order valence-electron chi connectivity index (χ0n) is 13.4. The summed E-state index contributed by atoms with van der Waals surface area (Å²) >= 11 is 2.49. The molecule has 0 aliphatic carbocycles. The highest BCUT2D eigenvalue weighted by Gasteiger charge is 2.45. The number of benzene rings is 1. The van der Waals surface area contributed by atoms with Crippen LogP contribution in [0.3, 0.4) is 0 Å². The molecule has 2 rings (SSSR count). The standard InChI is InChI=1S/C17H26INSi/c1-12(2)20(13(3)4,14(5)6)19-11-16(18)15-9-7-8-10-17(15)19/h7-14H,1-6H3. The lowest BCUT2D eigenvalue weighted by Gasteiger charge is -2.44. The minimum Gasteiger partial charge on any atom is -0.372 e. The molecule has 3 heteroatoms. The maximum absolute atomic E-state index is 2.70. The molecular formula is C17H26INSi. The largest absolute Gasteiger partial charge is 0.372 e. The van der Waals surface area contributed by atoms with E-state index >= 15 is 0 Å². The molecule has 1 aromatic carbocycles. The van der Waals surface area contributed by atoms with Crippen LogP contribution in [0.1, 0.15) is 41.5 Å². The van der Waals surface area contributed by atoms with Crippen molar-refractivity contribution in [3.63, 3.8) is 0 Å². The summed E-state index contributed by atoms with van der Waals surface area (Å²) in [5.74, 6) is 0. The van der Waals surface area contributed by atoms with E-state index in [1.54, 1.807) is 0 Å². The van der Waals surface area contributed by atoms with Crippen molar-refractivity contribution >= 4 is 41.7 Å². The average molecular weight is 399 g/mol. The van der Waals surface area contributed by atoms with Gasteiger partial charge in [0.25, 0.3) is 0 Å². The van der Waals surface area contributed by atoms with Gasteiger partial charge in [-0.2, -0.15) is 0 Å². The van der Waals surface area contributed by atoms with Crippen molar-refractivity contribution in [2.24, 2.45) is 0 Å². The quantitative estimate of drug-likeness (QED) is 0.422. The molecule has 0 radical (unpaired) electrons. The molecule has 0 saturated carbocycles. The van der Waals surface area contributed by atoms with Crippen LogP contribution in [0.2, 0.25) is 16.6 Å². The van der Waals surface area contributed by atoms with Crippen LogP contribution in [0.15, 0.2) is 30.5 Å². The normalized spacial score (nSPS) is 13.1. The van der Waals surface area contributed by atoms with Crippen molar-refractivity contribution in [3.05, 3.63) is 34.0 Å². The molecule has 0 saturated heterocycles. The van der Waals surface area contributed by atoms with E-state index in [0.29, 0.717) is 0 Å². The number of halogens is 1. The molecule has 20 heavy (non-hydrogen) atoms. The maximum Gasteiger partial charge on any atom is 0.169 e. The van der Waals surface area contributed by atoms with E-state index in [2.05, 4.69) is 98.8 Å². The Hall–Kier alpha value is -0.293. The molecule has 0 aliphatic rings. The van der Waals surface area contributed by atoms with E-state index in [9.17, 15) is 0 Å². The number of nitrogens with zero attached hydrogens (tertiary/aromatic N) is 1. The molecule has 1 heterocycles. The van der Waals surface area contributed by atoms with Crippen LogP contribution in [0.25, 0.3) is 10.9 Å². The lowest BCUT2D eigenvalue weighted by molar-refractivity contribution is 0.772. The molecular weight excluding hydrogens is 373 g/mol.